The average molecular weight is 556 g/mol. The van der Waals surface area contributed by atoms with Crippen molar-refractivity contribution in [2.24, 2.45) is 5.73 Å². The maximum absolute atomic E-state index is 14.1. The van der Waals surface area contributed by atoms with Gasteiger partial charge in [0.2, 0.25) is 5.91 Å². The van der Waals surface area contributed by atoms with Gasteiger partial charge in [-0.1, -0.05) is 23.8 Å². The zero-order chi connectivity index (χ0) is 28.7. The molecule has 0 saturated heterocycles. The molecule has 5 N–H and O–H groups in total. The molecule has 0 aliphatic heterocycles. The summed E-state index contributed by atoms with van der Waals surface area (Å²) in [6, 6.07) is 10.3. The maximum atomic E-state index is 14.1. The van der Waals surface area contributed by atoms with E-state index >= 15 is 0 Å². The number of aryl methyl sites for hydroxylation is 1. The van der Waals surface area contributed by atoms with Gasteiger partial charge in [0, 0.05) is 5.69 Å². The number of benzene rings is 2. The lowest BCUT2D eigenvalue weighted by Gasteiger charge is -2.31. The molecule has 206 valence electrons. The largest absolute Gasteiger partial charge is 0.493 e. The lowest BCUT2D eigenvalue weighted by Crippen LogP contribution is -2.45. The minimum Gasteiger partial charge on any atom is -0.493 e. The molecule has 0 fully saturated rings. The Balaban J connectivity index is 2.21. The number of primary amides is 1. The third kappa shape index (κ3) is 6.44. The minimum atomic E-state index is -1.33. The van der Waals surface area contributed by atoms with E-state index in [1.54, 1.807) is 49.4 Å². The summed E-state index contributed by atoms with van der Waals surface area (Å²) < 4.78 is 19.6. The van der Waals surface area contributed by atoms with Crippen molar-refractivity contribution in [2.45, 2.75) is 19.9 Å². The van der Waals surface area contributed by atoms with Crippen LogP contribution in [0.25, 0.3) is 0 Å². The molecule has 0 spiro atoms. The van der Waals surface area contributed by atoms with Gasteiger partial charge in [0.15, 0.2) is 17.2 Å². The van der Waals surface area contributed by atoms with E-state index in [4.69, 9.17) is 25.7 Å². The fourth-order valence-corrected chi connectivity index (χ4v) is 4.48. The first-order chi connectivity index (χ1) is 18.6. The monoisotopic (exact) mass is 555 g/mol. The van der Waals surface area contributed by atoms with Crippen LogP contribution in [0, 0.1) is 6.92 Å². The van der Waals surface area contributed by atoms with E-state index in [1.165, 1.54) is 19.1 Å². The SMILES string of the molecule is CCOC(=O)CNC(=O)[C@@H](c1ccc(OC)c(OC)c1)N(C(=O)c1snc(C(N)=O)c1N)c1ccc(C)cc1. The Morgan fingerprint density at radius 1 is 1.05 bits per heavy atom. The fraction of sp³-hybridized carbons (Fsp3) is 0.269. The summed E-state index contributed by atoms with van der Waals surface area (Å²) in [6.45, 7) is 3.22. The van der Waals surface area contributed by atoms with Crippen LogP contribution in [-0.2, 0) is 14.3 Å². The Bertz CT molecular complexity index is 1370. The summed E-state index contributed by atoms with van der Waals surface area (Å²) in [5, 5.41) is 2.54. The van der Waals surface area contributed by atoms with Crippen LogP contribution in [0.4, 0.5) is 11.4 Å². The number of ether oxygens (including phenoxy) is 3. The Hall–Kier alpha value is -4.65. The van der Waals surface area contributed by atoms with Crippen LogP contribution in [0.15, 0.2) is 42.5 Å². The molecule has 1 aromatic heterocycles. The zero-order valence-corrected chi connectivity index (χ0v) is 22.7. The number of hydrogen-bond acceptors (Lipinski definition) is 10. The number of amides is 3. The highest BCUT2D eigenvalue weighted by molar-refractivity contribution is 7.09. The van der Waals surface area contributed by atoms with E-state index in [2.05, 4.69) is 9.69 Å². The molecule has 0 aliphatic rings. The number of anilines is 2. The van der Waals surface area contributed by atoms with Crippen LogP contribution >= 0.6 is 11.5 Å². The van der Waals surface area contributed by atoms with Gasteiger partial charge in [-0.05, 0) is 55.2 Å². The van der Waals surface area contributed by atoms with Crippen LogP contribution in [0.2, 0.25) is 0 Å². The molecule has 3 aromatic rings. The molecule has 0 radical (unpaired) electrons. The summed E-state index contributed by atoms with van der Waals surface area (Å²) in [5.41, 5.74) is 12.6. The number of hydrogen-bond donors (Lipinski definition) is 3. The number of aromatic nitrogens is 1. The van der Waals surface area contributed by atoms with Crippen LogP contribution in [0.3, 0.4) is 0 Å². The molecule has 0 aliphatic carbocycles. The number of carbonyl (C=O) groups is 4. The van der Waals surface area contributed by atoms with E-state index in [-0.39, 0.29) is 22.9 Å². The van der Waals surface area contributed by atoms with Gasteiger partial charge in [0.05, 0.1) is 26.5 Å². The van der Waals surface area contributed by atoms with E-state index in [0.717, 1.165) is 5.56 Å². The number of esters is 1. The van der Waals surface area contributed by atoms with Crippen LogP contribution in [0.1, 0.15) is 44.3 Å². The molecule has 0 bridgehead atoms. The lowest BCUT2D eigenvalue weighted by atomic mass is 10.0. The van der Waals surface area contributed by atoms with Gasteiger partial charge in [0.1, 0.15) is 17.5 Å². The zero-order valence-electron chi connectivity index (χ0n) is 21.8. The summed E-state index contributed by atoms with van der Waals surface area (Å²) in [6.07, 6.45) is 0. The molecule has 3 rings (SSSR count). The Labute approximate surface area is 229 Å². The van der Waals surface area contributed by atoms with Gasteiger partial charge >= 0.3 is 5.97 Å². The molecule has 1 heterocycles. The highest BCUT2D eigenvalue weighted by atomic mass is 32.1. The summed E-state index contributed by atoms with van der Waals surface area (Å²) in [7, 11) is 2.90. The highest BCUT2D eigenvalue weighted by Crippen LogP contribution is 2.36. The van der Waals surface area contributed by atoms with Gasteiger partial charge in [0.25, 0.3) is 11.8 Å². The second kappa shape index (κ2) is 12.7. The molecule has 0 unspecified atom stereocenters. The van der Waals surface area contributed by atoms with Crippen LogP contribution < -0.4 is 31.2 Å². The first kappa shape index (κ1) is 28.9. The normalized spacial score (nSPS) is 11.3. The number of carbonyl (C=O) groups excluding carboxylic acids is 4. The molecule has 39 heavy (non-hydrogen) atoms. The number of nitrogens with one attached hydrogen (secondary N) is 1. The smallest absolute Gasteiger partial charge is 0.325 e. The van der Waals surface area contributed by atoms with Crippen LogP contribution in [-0.4, -0.2) is 55.4 Å². The Morgan fingerprint density at radius 2 is 1.72 bits per heavy atom. The number of nitrogens with zero attached hydrogens (tertiary/aromatic N) is 2. The van der Waals surface area contributed by atoms with Crippen molar-refractivity contribution in [3.05, 3.63) is 64.2 Å². The Morgan fingerprint density at radius 3 is 2.28 bits per heavy atom. The predicted molar refractivity (Wildman–Crippen MR) is 145 cm³/mol. The molecule has 12 nitrogen and oxygen atoms in total. The average Bonchev–Trinajstić information content (AvgIpc) is 3.32. The fourth-order valence-electron chi connectivity index (χ4n) is 3.74. The van der Waals surface area contributed by atoms with Crippen molar-refractivity contribution < 1.29 is 33.4 Å². The van der Waals surface area contributed by atoms with Crippen molar-refractivity contribution in [2.75, 3.05) is 38.0 Å². The number of nitrogens with two attached hydrogens (primary N) is 2. The summed E-state index contributed by atoms with van der Waals surface area (Å²) >= 11 is 0.684. The molecule has 13 heteroatoms. The van der Waals surface area contributed by atoms with Gasteiger partial charge in [-0.2, -0.15) is 4.37 Å². The van der Waals surface area contributed by atoms with E-state index in [1.807, 2.05) is 6.92 Å². The quantitative estimate of drug-likeness (QED) is 0.299. The summed E-state index contributed by atoms with van der Waals surface area (Å²) in [5.74, 6) is -2.24. The van der Waals surface area contributed by atoms with Crippen molar-refractivity contribution in [1.29, 1.82) is 0 Å². The Kier molecular flexibility index (Phi) is 9.44. The molecule has 3 amide bonds. The van der Waals surface area contributed by atoms with Crippen LogP contribution in [0.5, 0.6) is 11.5 Å². The molecule has 0 saturated carbocycles. The molecule has 2 aromatic carbocycles. The van der Waals surface area contributed by atoms with Gasteiger partial charge in [-0.3, -0.25) is 24.1 Å². The second-order valence-corrected chi connectivity index (χ2v) is 8.96. The summed E-state index contributed by atoms with van der Waals surface area (Å²) in [4.78, 5) is 52.7. The standard InChI is InChI=1S/C26H29N5O7S/c1-5-38-19(32)13-29-25(34)22(15-8-11-17(36-3)18(12-15)37-4)31(16-9-6-14(2)7-10-16)26(35)23-20(27)21(24(28)33)30-39-23/h6-12,22H,5,13,27H2,1-4H3,(H2,28,33)(H,29,34)/t22-/m1/s1. The van der Waals surface area contributed by atoms with Gasteiger partial charge in [-0.25, -0.2) is 0 Å². The number of rotatable bonds is 11. The van der Waals surface area contributed by atoms with Crippen molar-refractivity contribution in [3.8, 4) is 11.5 Å². The number of methoxy groups -OCH3 is 2. The van der Waals surface area contributed by atoms with Gasteiger partial charge < -0.3 is 31.0 Å². The van der Waals surface area contributed by atoms with Crippen molar-refractivity contribution >= 4 is 46.6 Å². The highest BCUT2D eigenvalue weighted by Gasteiger charge is 2.36. The van der Waals surface area contributed by atoms with E-state index in [0.29, 0.717) is 34.3 Å². The van der Waals surface area contributed by atoms with Crippen molar-refractivity contribution in [1.82, 2.24) is 9.69 Å². The van der Waals surface area contributed by atoms with E-state index < -0.39 is 36.3 Å². The third-order valence-corrected chi connectivity index (χ3v) is 6.48. The first-order valence-electron chi connectivity index (χ1n) is 11.7. The topological polar surface area (TPSA) is 176 Å². The third-order valence-electron chi connectivity index (χ3n) is 5.63. The molecular weight excluding hydrogens is 526 g/mol. The minimum absolute atomic E-state index is 0.0898. The molecular formula is C26H29N5O7S. The van der Waals surface area contributed by atoms with Crippen molar-refractivity contribution in [3.63, 3.8) is 0 Å². The predicted octanol–water partition coefficient (Wildman–Crippen LogP) is 2.22. The first-order valence-corrected chi connectivity index (χ1v) is 12.5. The van der Waals surface area contributed by atoms with Gasteiger partial charge in [-0.15, -0.1) is 0 Å². The van der Waals surface area contributed by atoms with E-state index in [9.17, 15) is 19.2 Å². The maximum Gasteiger partial charge on any atom is 0.325 e. The number of nitrogen functional groups attached to an aromatic ring is 1. The second-order valence-electron chi connectivity index (χ2n) is 8.19. The molecule has 1 atom stereocenters. The lowest BCUT2D eigenvalue weighted by molar-refractivity contribution is -0.143.